The number of rotatable bonds is 2. The summed E-state index contributed by atoms with van der Waals surface area (Å²) < 4.78 is 1.85. The predicted octanol–water partition coefficient (Wildman–Crippen LogP) is 3.59. The molecule has 1 unspecified atom stereocenters. The number of fused-ring (bicyclic) bond motifs is 1. The van der Waals surface area contributed by atoms with E-state index >= 15 is 0 Å². The number of allylic oxidation sites excluding steroid dienone is 2. The molecule has 0 aliphatic carbocycles. The Bertz CT molecular complexity index is 699. The maximum atomic E-state index is 6.57. The summed E-state index contributed by atoms with van der Waals surface area (Å²) in [4.78, 5) is 7.00. The minimum atomic E-state index is 0.298. The highest BCUT2D eigenvalue weighted by atomic mass is 35.5. The van der Waals surface area contributed by atoms with Crippen molar-refractivity contribution in [3.05, 3.63) is 27.9 Å². The molecular weight excluding hydrogens is 304 g/mol. The Morgan fingerprint density at radius 2 is 2.10 bits per heavy atom. The first-order valence-corrected chi connectivity index (χ1v) is 8.56. The zero-order valence-electron chi connectivity index (χ0n) is 12.9. The van der Waals surface area contributed by atoms with Crippen molar-refractivity contribution in [1.82, 2.24) is 14.7 Å². The number of thioether (sulfide) groups is 1. The van der Waals surface area contributed by atoms with Crippen LogP contribution in [0.1, 0.15) is 26.5 Å². The third-order valence-corrected chi connectivity index (χ3v) is 5.16. The van der Waals surface area contributed by atoms with Gasteiger partial charge >= 0.3 is 0 Å². The minimum absolute atomic E-state index is 0.298. The molecule has 0 bridgehead atoms. The molecule has 0 N–H and O–H groups in total. The van der Waals surface area contributed by atoms with E-state index in [-0.39, 0.29) is 0 Å². The number of nitrogens with zero attached hydrogens (tertiary/aromatic N) is 4. The molecule has 0 saturated heterocycles. The molecule has 2 aliphatic rings. The van der Waals surface area contributed by atoms with Gasteiger partial charge in [0.1, 0.15) is 21.6 Å². The molecule has 3 heterocycles. The summed E-state index contributed by atoms with van der Waals surface area (Å²) >= 11 is 8.18. The van der Waals surface area contributed by atoms with Crippen LogP contribution >= 0.6 is 23.4 Å². The molecule has 4 nitrogen and oxygen atoms in total. The van der Waals surface area contributed by atoms with Gasteiger partial charge in [-0.05, 0) is 38.2 Å². The first kappa shape index (κ1) is 14.7. The van der Waals surface area contributed by atoms with Crippen LogP contribution in [0.2, 0.25) is 5.02 Å². The lowest BCUT2D eigenvalue weighted by Gasteiger charge is -2.28. The van der Waals surface area contributed by atoms with Crippen LogP contribution in [0.3, 0.4) is 0 Å². The zero-order chi connectivity index (χ0) is 15.3. The van der Waals surface area contributed by atoms with Crippen LogP contribution in [0.5, 0.6) is 0 Å². The van der Waals surface area contributed by atoms with Gasteiger partial charge in [0, 0.05) is 13.6 Å². The van der Waals surface area contributed by atoms with E-state index in [1.54, 1.807) is 11.8 Å². The lowest BCUT2D eigenvalue weighted by molar-refractivity contribution is 0.568. The molecule has 2 aliphatic heterocycles. The van der Waals surface area contributed by atoms with Crippen molar-refractivity contribution < 1.29 is 0 Å². The molecule has 1 atom stereocenters. The van der Waals surface area contributed by atoms with Crippen molar-refractivity contribution in [2.45, 2.75) is 31.8 Å². The number of hydrogen-bond acceptors (Lipinski definition) is 4. The summed E-state index contributed by atoms with van der Waals surface area (Å²) in [5.74, 6) is 1.05. The minimum Gasteiger partial charge on any atom is -0.322 e. The average molecular weight is 323 g/mol. The summed E-state index contributed by atoms with van der Waals surface area (Å²) in [5, 5.41) is 6.36. The van der Waals surface area contributed by atoms with Crippen molar-refractivity contribution in [3.63, 3.8) is 0 Å². The topological polar surface area (TPSA) is 33.4 Å². The first-order chi connectivity index (χ1) is 9.93. The van der Waals surface area contributed by atoms with Gasteiger partial charge in [-0.1, -0.05) is 17.7 Å². The number of aryl methyl sites for hydroxylation is 1. The van der Waals surface area contributed by atoms with Gasteiger partial charge in [0.05, 0.1) is 11.7 Å². The van der Waals surface area contributed by atoms with Crippen LogP contribution < -0.4 is 0 Å². The molecule has 0 spiro atoms. The van der Waals surface area contributed by atoms with Gasteiger partial charge in [-0.15, -0.1) is 11.8 Å². The molecule has 6 heteroatoms. The first-order valence-electron chi connectivity index (χ1n) is 6.95. The van der Waals surface area contributed by atoms with Crippen LogP contribution in [0.4, 0.5) is 0 Å². The lowest BCUT2D eigenvalue weighted by atomic mass is 10.0. The van der Waals surface area contributed by atoms with Crippen LogP contribution in [0.25, 0.3) is 5.70 Å². The number of halogens is 1. The second-order valence-electron chi connectivity index (χ2n) is 5.57. The van der Waals surface area contributed by atoms with Gasteiger partial charge in [0.15, 0.2) is 0 Å². The molecule has 0 aromatic carbocycles. The molecule has 1 aromatic heterocycles. The van der Waals surface area contributed by atoms with E-state index in [0.717, 1.165) is 33.8 Å². The number of hydrogen-bond donors (Lipinski definition) is 0. The highest BCUT2D eigenvalue weighted by molar-refractivity contribution is 7.98. The fourth-order valence-corrected chi connectivity index (χ4v) is 4.08. The largest absolute Gasteiger partial charge is 0.322 e. The number of aromatic nitrogens is 2. The van der Waals surface area contributed by atoms with E-state index in [9.17, 15) is 0 Å². The van der Waals surface area contributed by atoms with Crippen molar-refractivity contribution >= 4 is 34.9 Å². The van der Waals surface area contributed by atoms with E-state index < -0.39 is 0 Å². The maximum absolute atomic E-state index is 6.57. The molecule has 112 valence electrons. The highest BCUT2D eigenvalue weighted by Gasteiger charge is 2.33. The van der Waals surface area contributed by atoms with Crippen LogP contribution in [0.15, 0.2) is 27.2 Å². The lowest BCUT2D eigenvalue weighted by Crippen LogP contribution is -2.31. The Balaban J connectivity index is 2.17. The summed E-state index contributed by atoms with van der Waals surface area (Å²) in [5.41, 5.74) is 4.34. The summed E-state index contributed by atoms with van der Waals surface area (Å²) in [6, 6.07) is 0.298. The summed E-state index contributed by atoms with van der Waals surface area (Å²) in [6.45, 7) is 7.24. The maximum Gasteiger partial charge on any atom is 0.131 e. The monoisotopic (exact) mass is 322 g/mol. The molecule has 0 amide bonds. The van der Waals surface area contributed by atoms with Gasteiger partial charge in [0.2, 0.25) is 0 Å². The predicted molar refractivity (Wildman–Crippen MR) is 90.0 cm³/mol. The Labute approximate surface area is 134 Å². The second-order valence-corrected chi connectivity index (χ2v) is 6.74. The van der Waals surface area contributed by atoms with Crippen LogP contribution in [0, 0.1) is 0 Å². The van der Waals surface area contributed by atoms with Crippen LogP contribution in [-0.2, 0) is 7.05 Å². The van der Waals surface area contributed by atoms with Gasteiger partial charge in [0.25, 0.3) is 0 Å². The van der Waals surface area contributed by atoms with E-state index in [2.05, 4.69) is 36.8 Å². The third-order valence-electron chi connectivity index (χ3n) is 3.83. The van der Waals surface area contributed by atoms with Gasteiger partial charge in [-0.3, -0.25) is 9.67 Å². The normalized spacial score (nSPS) is 21.6. The van der Waals surface area contributed by atoms with Crippen molar-refractivity contribution in [1.29, 1.82) is 0 Å². The zero-order valence-corrected chi connectivity index (χ0v) is 14.5. The molecule has 0 saturated carbocycles. The van der Waals surface area contributed by atoms with E-state index in [1.165, 1.54) is 11.1 Å². The molecule has 0 radical (unpaired) electrons. The average Bonchev–Trinajstić information content (AvgIpc) is 2.91. The third kappa shape index (κ3) is 2.23. The van der Waals surface area contributed by atoms with Crippen molar-refractivity contribution in [2.24, 2.45) is 12.0 Å². The van der Waals surface area contributed by atoms with Gasteiger partial charge in [-0.25, -0.2) is 0 Å². The Morgan fingerprint density at radius 3 is 2.71 bits per heavy atom. The molecule has 3 rings (SSSR count). The van der Waals surface area contributed by atoms with E-state index in [4.69, 9.17) is 16.6 Å². The molecule has 21 heavy (non-hydrogen) atoms. The van der Waals surface area contributed by atoms with Crippen molar-refractivity contribution in [2.75, 3.05) is 12.8 Å². The summed E-state index contributed by atoms with van der Waals surface area (Å²) in [6.07, 6.45) is 4.19. The summed E-state index contributed by atoms with van der Waals surface area (Å²) in [7, 11) is 1.93. The highest BCUT2D eigenvalue weighted by Crippen LogP contribution is 2.39. The smallest absolute Gasteiger partial charge is 0.131 e. The number of aliphatic imine (C=N–C) groups is 1. The molecular formula is C15H19ClN4S. The van der Waals surface area contributed by atoms with Crippen LogP contribution in [-0.4, -0.2) is 39.4 Å². The van der Waals surface area contributed by atoms with Gasteiger partial charge in [-0.2, -0.15) is 5.10 Å². The Hall–Kier alpha value is -1.20. The SMILES string of the molecule is CSc1c(Cl)c(C2=C(C)C=C(C)C3=NC(C)CN32)nn1C. The standard InChI is InChI=1S/C15H19ClN4S/c1-8-6-9(2)14-17-10(3)7-20(14)13(8)12-11(16)15(21-5)19(4)18-12/h6,10H,7H2,1-5H3. The second kappa shape index (κ2) is 5.21. The van der Waals surface area contributed by atoms with E-state index in [0.29, 0.717) is 6.04 Å². The van der Waals surface area contributed by atoms with E-state index in [1.807, 2.05) is 18.0 Å². The Morgan fingerprint density at radius 1 is 1.38 bits per heavy atom. The van der Waals surface area contributed by atoms with Crippen molar-refractivity contribution in [3.8, 4) is 0 Å². The molecule has 0 fully saturated rings. The quantitative estimate of drug-likeness (QED) is 0.780. The number of amidine groups is 1. The molecule has 1 aromatic rings. The van der Waals surface area contributed by atoms with Gasteiger partial charge < -0.3 is 4.90 Å². The fraction of sp³-hybridized carbons (Fsp3) is 0.467. The Kier molecular flexibility index (Phi) is 3.66. The fourth-order valence-electron chi connectivity index (χ4n) is 3.02.